The summed E-state index contributed by atoms with van der Waals surface area (Å²) in [6, 6.07) is 9.09. The Hall–Kier alpha value is -2.22. The summed E-state index contributed by atoms with van der Waals surface area (Å²) >= 11 is 1.53. The fraction of sp³-hybridized carbons (Fsp3) is 0.526. The SMILES string of the molecule is CC1(C)SC2C(N=CN3CCN(c4ccccc4)CC3)C(=O)N2C1C(=O)O. The van der Waals surface area contributed by atoms with E-state index in [1.807, 2.05) is 32.0 Å². The lowest BCUT2D eigenvalue weighted by atomic mass is 9.96. The third-order valence-electron chi connectivity index (χ3n) is 5.47. The number of fused-ring (bicyclic) bond motifs is 1. The van der Waals surface area contributed by atoms with Gasteiger partial charge in [-0.3, -0.25) is 9.79 Å². The molecule has 0 radical (unpaired) electrons. The van der Waals surface area contributed by atoms with Crippen molar-refractivity contribution in [2.75, 3.05) is 31.1 Å². The molecule has 8 heteroatoms. The Morgan fingerprint density at radius 2 is 1.89 bits per heavy atom. The number of nitrogens with zero attached hydrogens (tertiary/aromatic N) is 4. The second-order valence-corrected chi connectivity index (χ2v) is 9.44. The normalized spacial score (nSPS) is 29.8. The summed E-state index contributed by atoms with van der Waals surface area (Å²) in [6.45, 7) is 7.28. The molecule has 7 nitrogen and oxygen atoms in total. The molecule has 3 saturated heterocycles. The first-order valence-corrected chi connectivity index (χ1v) is 10.1. The zero-order chi connectivity index (χ0) is 19.2. The Balaban J connectivity index is 1.35. The van der Waals surface area contributed by atoms with Crippen molar-refractivity contribution in [3.05, 3.63) is 30.3 Å². The van der Waals surface area contributed by atoms with Crippen LogP contribution in [0.4, 0.5) is 5.69 Å². The highest BCUT2D eigenvalue weighted by Gasteiger charge is 2.63. The van der Waals surface area contributed by atoms with Crippen LogP contribution in [-0.2, 0) is 9.59 Å². The summed E-state index contributed by atoms with van der Waals surface area (Å²) in [5.74, 6) is -1.12. The van der Waals surface area contributed by atoms with Crippen molar-refractivity contribution in [2.24, 2.45) is 4.99 Å². The number of β-lactam (4-membered cyclic amide) rings is 1. The molecule has 1 aromatic carbocycles. The van der Waals surface area contributed by atoms with Gasteiger partial charge in [-0.05, 0) is 26.0 Å². The average Bonchev–Trinajstić information content (AvgIpc) is 2.91. The monoisotopic (exact) mass is 388 g/mol. The molecule has 1 aromatic rings. The first-order chi connectivity index (χ1) is 12.9. The van der Waals surface area contributed by atoms with Gasteiger partial charge in [-0.1, -0.05) is 18.2 Å². The lowest BCUT2D eigenvalue weighted by Gasteiger charge is -2.42. The number of hydrogen-bond donors (Lipinski definition) is 1. The van der Waals surface area contributed by atoms with Crippen molar-refractivity contribution < 1.29 is 14.7 Å². The molecule has 3 atom stereocenters. The standard InChI is InChI=1S/C19H24N4O3S/c1-19(2)15(18(25)26)23-16(24)14(17(23)27-19)20-12-21-8-10-22(11-9-21)13-6-4-3-5-7-13/h3-7,12,14-15,17H,8-11H2,1-2H3,(H,25,26). The number of piperazine rings is 1. The third kappa shape index (κ3) is 3.16. The van der Waals surface area contributed by atoms with Crippen molar-refractivity contribution in [3.63, 3.8) is 0 Å². The Kier molecular flexibility index (Phi) is 4.53. The summed E-state index contributed by atoms with van der Waals surface area (Å²) in [6.07, 6.45) is 1.78. The van der Waals surface area contributed by atoms with E-state index < -0.39 is 22.8 Å². The van der Waals surface area contributed by atoms with Gasteiger partial charge in [0, 0.05) is 36.6 Å². The van der Waals surface area contributed by atoms with Crippen LogP contribution in [0.2, 0.25) is 0 Å². The molecular weight excluding hydrogens is 364 g/mol. The molecular formula is C19H24N4O3S. The molecule has 27 heavy (non-hydrogen) atoms. The number of carbonyl (C=O) groups excluding carboxylic acids is 1. The van der Waals surface area contributed by atoms with Gasteiger partial charge in [0.1, 0.15) is 11.4 Å². The van der Waals surface area contributed by atoms with Gasteiger partial charge in [-0.2, -0.15) is 0 Å². The molecule has 3 aliphatic heterocycles. The molecule has 3 unspecified atom stereocenters. The van der Waals surface area contributed by atoms with E-state index in [9.17, 15) is 14.7 Å². The summed E-state index contributed by atoms with van der Waals surface area (Å²) in [7, 11) is 0. The second-order valence-electron chi connectivity index (χ2n) is 7.67. The topological polar surface area (TPSA) is 76.5 Å². The summed E-state index contributed by atoms with van der Waals surface area (Å²) in [5.41, 5.74) is 1.23. The highest BCUT2D eigenvalue weighted by atomic mass is 32.2. The lowest BCUT2D eigenvalue weighted by Crippen LogP contribution is -2.65. The molecule has 0 spiro atoms. The average molecular weight is 388 g/mol. The fourth-order valence-corrected chi connectivity index (χ4v) is 5.65. The Bertz CT molecular complexity index is 761. The van der Waals surface area contributed by atoms with E-state index in [0.717, 1.165) is 26.2 Å². The van der Waals surface area contributed by atoms with Crippen LogP contribution in [0.5, 0.6) is 0 Å². The Labute approximate surface area is 163 Å². The second kappa shape index (κ2) is 6.74. The van der Waals surface area contributed by atoms with Crippen LogP contribution in [0, 0.1) is 0 Å². The Morgan fingerprint density at radius 3 is 2.52 bits per heavy atom. The van der Waals surface area contributed by atoms with Gasteiger partial charge in [-0.15, -0.1) is 11.8 Å². The summed E-state index contributed by atoms with van der Waals surface area (Å²) in [5, 5.41) is 9.30. The molecule has 4 rings (SSSR count). The lowest BCUT2D eigenvalue weighted by molar-refractivity contribution is -0.158. The molecule has 1 N–H and O–H groups in total. The van der Waals surface area contributed by atoms with Crippen molar-refractivity contribution >= 4 is 35.7 Å². The molecule has 0 bridgehead atoms. The number of amides is 1. The maximum Gasteiger partial charge on any atom is 0.327 e. The molecule has 0 aromatic heterocycles. The highest BCUT2D eigenvalue weighted by Crippen LogP contribution is 2.51. The largest absolute Gasteiger partial charge is 0.480 e. The maximum absolute atomic E-state index is 12.5. The smallest absolute Gasteiger partial charge is 0.327 e. The number of carboxylic acid groups (broad SMARTS) is 1. The maximum atomic E-state index is 12.5. The zero-order valence-corrected chi connectivity index (χ0v) is 16.3. The minimum atomic E-state index is -0.942. The van der Waals surface area contributed by atoms with Crippen molar-refractivity contribution in [1.29, 1.82) is 0 Å². The van der Waals surface area contributed by atoms with Gasteiger partial charge in [0.25, 0.3) is 5.91 Å². The van der Waals surface area contributed by atoms with Crippen LogP contribution in [0.15, 0.2) is 35.3 Å². The van der Waals surface area contributed by atoms with E-state index in [4.69, 9.17) is 0 Å². The van der Waals surface area contributed by atoms with Crippen LogP contribution in [0.3, 0.4) is 0 Å². The first-order valence-electron chi connectivity index (χ1n) is 9.18. The van der Waals surface area contributed by atoms with E-state index in [-0.39, 0.29) is 11.3 Å². The number of aliphatic imine (C=N–C) groups is 1. The molecule has 144 valence electrons. The minimum Gasteiger partial charge on any atom is -0.480 e. The van der Waals surface area contributed by atoms with Crippen molar-refractivity contribution in [3.8, 4) is 0 Å². The Morgan fingerprint density at radius 1 is 1.22 bits per heavy atom. The van der Waals surface area contributed by atoms with Crippen LogP contribution in [0.25, 0.3) is 0 Å². The summed E-state index contributed by atoms with van der Waals surface area (Å²) in [4.78, 5) is 34.5. The number of para-hydroxylation sites is 1. The van der Waals surface area contributed by atoms with Crippen LogP contribution in [0.1, 0.15) is 13.8 Å². The molecule has 1 amide bonds. The molecule has 0 aliphatic carbocycles. The van der Waals surface area contributed by atoms with E-state index in [1.165, 1.54) is 22.3 Å². The number of aliphatic carboxylic acids is 1. The van der Waals surface area contributed by atoms with Gasteiger partial charge in [0.05, 0.1) is 6.34 Å². The van der Waals surface area contributed by atoms with E-state index >= 15 is 0 Å². The fourth-order valence-electron chi connectivity index (χ4n) is 4.03. The van der Waals surface area contributed by atoms with Gasteiger partial charge in [0.15, 0.2) is 6.04 Å². The van der Waals surface area contributed by atoms with Crippen molar-refractivity contribution in [2.45, 2.75) is 36.1 Å². The zero-order valence-electron chi connectivity index (χ0n) is 15.5. The first kappa shape index (κ1) is 18.2. The number of thioether (sulfide) groups is 1. The van der Waals surface area contributed by atoms with Gasteiger partial charge < -0.3 is 19.8 Å². The number of anilines is 1. The van der Waals surface area contributed by atoms with Crippen LogP contribution >= 0.6 is 11.8 Å². The number of carbonyl (C=O) groups is 2. The minimum absolute atomic E-state index is 0.171. The predicted molar refractivity (Wildman–Crippen MR) is 106 cm³/mol. The molecule has 0 saturated carbocycles. The number of carboxylic acids is 1. The molecule has 3 heterocycles. The highest BCUT2D eigenvalue weighted by molar-refractivity contribution is 8.01. The quantitative estimate of drug-likeness (QED) is 0.477. The van der Waals surface area contributed by atoms with Crippen LogP contribution in [-0.4, -0.2) is 81.5 Å². The third-order valence-corrected chi connectivity index (χ3v) is 7.03. The van der Waals surface area contributed by atoms with Gasteiger partial charge in [-0.25, -0.2) is 4.79 Å². The molecule has 3 aliphatic rings. The van der Waals surface area contributed by atoms with E-state index in [1.54, 1.807) is 6.34 Å². The van der Waals surface area contributed by atoms with Crippen molar-refractivity contribution in [1.82, 2.24) is 9.80 Å². The molecule has 3 fully saturated rings. The van der Waals surface area contributed by atoms with E-state index in [0.29, 0.717) is 0 Å². The predicted octanol–water partition coefficient (Wildman–Crippen LogP) is 1.35. The number of rotatable bonds is 4. The van der Waals surface area contributed by atoms with Crippen LogP contribution < -0.4 is 4.90 Å². The number of hydrogen-bond acceptors (Lipinski definition) is 5. The van der Waals surface area contributed by atoms with Gasteiger partial charge in [0.2, 0.25) is 0 Å². The summed E-state index contributed by atoms with van der Waals surface area (Å²) < 4.78 is -0.502. The number of benzene rings is 1. The van der Waals surface area contributed by atoms with E-state index in [2.05, 4.69) is 26.9 Å². The van der Waals surface area contributed by atoms with Gasteiger partial charge >= 0.3 is 5.97 Å².